The lowest BCUT2D eigenvalue weighted by Gasteiger charge is -2.13. The van der Waals surface area contributed by atoms with Gasteiger partial charge in [-0.05, 0) is 49.2 Å². The van der Waals surface area contributed by atoms with Crippen LogP contribution in [0.3, 0.4) is 0 Å². The Labute approximate surface area is 214 Å². The molecule has 0 fully saturated rings. The van der Waals surface area contributed by atoms with Crippen molar-refractivity contribution in [1.29, 1.82) is 0 Å². The predicted octanol–water partition coefficient (Wildman–Crippen LogP) is 5.19. The molecule has 8 nitrogen and oxygen atoms in total. The van der Waals surface area contributed by atoms with Gasteiger partial charge in [0.2, 0.25) is 0 Å². The number of benzene rings is 2. The summed E-state index contributed by atoms with van der Waals surface area (Å²) in [5, 5.41) is 9.33. The first-order chi connectivity index (χ1) is 17.1. The minimum Gasteiger partial charge on any atom is -0.479 e. The number of carboxylic acids is 1. The number of carbonyl (C=O) groups is 1. The van der Waals surface area contributed by atoms with Gasteiger partial charge in [-0.3, -0.25) is 4.18 Å². The third kappa shape index (κ3) is 10.7. The lowest BCUT2D eigenvalue weighted by Crippen LogP contribution is -2.27. The normalized spacial score (nSPS) is 12.9. The van der Waals surface area contributed by atoms with Crippen molar-refractivity contribution in [3.63, 3.8) is 0 Å². The number of hydrogen-bond donors (Lipinski definition) is 2. The fourth-order valence-corrected chi connectivity index (χ4v) is 6.29. The van der Waals surface area contributed by atoms with Crippen molar-refractivity contribution in [2.45, 2.75) is 86.5 Å². The molecule has 0 heterocycles. The van der Waals surface area contributed by atoms with Crippen LogP contribution in [-0.2, 0) is 28.9 Å². The second kappa shape index (κ2) is 15.0. The van der Waals surface area contributed by atoms with Gasteiger partial charge < -0.3 is 10.8 Å². The Hall–Kier alpha value is -2.43. The van der Waals surface area contributed by atoms with Crippen molar-refractivity contribution in [3.05, 3.63) is 54.6 Å². The first-order valence-electron chi connectivity index (χ1n) is 12.4. The summed E-state index contributed by atoms with van der Waals surface area (Å²) >= 11 is 0. The maximum atomic E-state index is 12.3. The van der Waals surface area contributed by atoms with E-state index in [0.717, 1.165) is 51.4 Å². The highest BCUT2D eigenvalue weighted by atomic mass is 32.2. The van der Waals surface area contributed by atoms with Gasteiger partial charge in [0.05, 0.1) is 15.5 Å². The quantitative estimate of drug-likeness (QED) is 0.150. The number of rotatable bonds is 18. The average Bonchev–Trinajstić information content (AvgIpc) is 2.84. The van der Waals surface area contributed by atoms with E-state index in [4.69, 9.17) is 9.92 Å². The molecule has 2 rings (SSSR count). The molecule has 1 atom stereocenters. The molecular formula is C26H37NO7S2. The van der Waals surface area contributed by atoms with Crippen LogP contribution in [0.15, 0.2) is 64.4 Å². The number of nitrogens with two attached hydrogens (primary N) is 1. The van der Waals surface area contributed by atoms with Crippen molar-refractivity contribution < 1.29 is 30.9 Å². The van der Waals surface area contributed by atoms with E-state index < -0.39 is 32.0 Å². The van der Waals surface area contributed by atoms with Gasteiger partial charge in [0.15, 0.2) is 15.9 Å². The maximum Gasteiger partial charge on any atom is 0.334 e. The summed E-state index contributed by atoms with van der Waals surface area (Å²) in [5.74, 6) is -1.14. The lowest BCUT2D eigenvalue weighted by atomic mass is 10.0. The Bertz CT molecular complexity index is 1130. The van der Waals surface area contributed by atoms with Crippen molar-refractivity contribution in [3.8, 4) is 0 Å². The molecule has 0 saturated carbocycles. The molecule has 2 aromatic rings. The van der Waals surface area contributed by atoms with Gasteiger partial charge in [0.25, 0.3) is 10.1 Å². The minimum absolute atomic E-state index is 0.0559. The highest BCUT2D eigenvalue weighted by Crippen LogP contribution is 2.19. The zero-order valence-electron chi connectivity index (χ0n) is 20.5. The SMILES string of the molecule is Nc1ccc(S(=O)(=O)CCCCCCCCCCCCC(OS(=O)(=O)c2ccccc2)C(=O)O)cc1. The van der Waals surface area contributed by atoms with E-state index in [-0.39, 0.29) is 17.1 Å². The van der Waals surface area contributed by atoms with Crippen molar-refractivity contribution in [2.75, 3.05) is 11.5 Å². The summed E-state index contributed by atoms with van der Waals surface area (Å²) in [6.07, 6.45) is 7.77. The molecule has 0 radical (unpaired) electrons. The van der Waals surface area contributed by atoms with E-state index in [2.05, 4.69) is 0 Å². The molecule has 0 saturated heterocycles. The Morgan fingerprint density at radius 2 is 1.22 bits per heavy atom. The molecular weight excluding hydrogens is 502 g/mol. The molecule has 0 aliphatic carbocycles. The fourth-order valence-electron chi connectivity index (χ4n) is 3.84. The lowest BCUT2D eigenvalue weighted by molar-refractivity contribution is -0.145. The average molecular weight is 540 g/mol. The first-order valence-corrected chi connectivity index (χ1v) is 15.5. The van der Waals surface area contributed by atoms with Gasteiger partial charge >= 0.3 is 5.97 Å². The molecule has 2 aromatic carbocycles. The number of hydrogen-bond acceptors (Lipinski definition) is 7. The Balaban J connectivity index is 1.52. The van der Waals surface area contributed by atoms with Gasteiger partial charge in [-0.15, -0.1) is 0 Å². The summed E-state index contributed by atoms with van der Waals surface area (Å²) in [6, 6.07) is 13.8. The van der Waals surface area contributed by atoms with E-state index in [0.29, 0.717) is 23.4 Å². The predicted molar refractivity (Wildman–Crippen MR) is 140 cm³/mol. The van der Waals surface area contributed by atoms with Crippen LogP contribution in [0.5, 0.6) is 0 Å². The van der Waals surface area contributed by atoms with E-state index in [1.165, 1.54) is 12.1 Å². The Kier molecular flexibility index (Phi) is 12.4. The standard InChI is InChI=1S/C26H37NO7S2/c27-22-17-19-23(20-18-22)35(30,31)21-13-8-6-4-2-1-3-5-7-12-16-25(26(28)29)34-36(32,33)24-14-10-9-11-15-24/h9-11,14-15,17-20,25H,1-8,12-13,16,21,27H2,(H,28,29). The summed E-state index contributed by atoms with van der Waals surface area (Å²) < 4.78 is 54.1. The summed E-state index contributed by atoms with van der Waals surface area (Å²) in [7, 11) is -7.37. The zero-order valence-corrected chi connectivity index (χ0v) is 22.2. The van der Waals surface area contributed by atoms with Crippen molar-refractivity contribution in [1.82, 2.24) is 0 Å². The Morgan fingerprint density at radius 1 is 0.722 bits per heavy atom. The number of carboxylic acid groups (broad SMARTS) is 1. The summed E-state index contributed by atoms with van der Waals surface area (Å²) in [5.41, 5.74) is 6.15. The monoisotopic (exact) mass is 539 g/mol. The molecule has 200 valence electrons. The smallest absolute Gasteiger partial charge is 0.334 e. The van der Waals surface area contributed by atoms with Crippen molar-refractivity contribution >= 4 is 31.6 Å². The van der Waals surface area contributed by atoms with Crippen LogP contribution in [0, 0.1) is 0 Å². The largest absolute Gasteiger partial charge is 0.479 e. The van der Waals surface area contributed by atoms with E-state index in [1.54, 1.807) is 42.5 Å². The molecule has 0 spiro atoms. The summed E-state index contributed by atoms with van der Waals surface area (Å²) in [4.78, 5) is 11.7. The molecule has 0 aliphatic rings. The van der Waals surface area contributed by atoms with Gasteiger partial charge in [-0.1, -0.05) is 76.0 Å². The van der Waals surface area contributed by atoms with Crippen LogP contribution in [0.4, 0.5) is 5.69 Å². The number of aliphatic carboxylic acids is 1. The van der Waals surface area contributed by atoms with Crippen LogP contribution < -0.4 is 5.73 Å². The van der Waals surface area contributed by atoms with Crippen LogP contribution >= 0.6 is 0 Å². The first kappa shape index (κ1) is 29.8. The molecule has 0 amide bonds. The molecule has 1 unspecified atom stereocenters. The summed E-state index contributed by atoms with van der Waals surface area (Å²) in [6.45, 7) is 0. The van der Waals surface area contributed by atoms with Gasteiger partial charge in [0, 0.05) is 5.69 Å². The number of anilines is 1. The number of unbranched alkanes of at least 4 members (excludes halogenated alkanes) is 9. The number of sulfone groups is 1. The van der Waals surface area contributed by atoms with Crippen LogP contribution in [0.2, 0.25) is 0 Å². The third-order valence-electron chi connectivity index (χ3n) is 5.92. The molecule has 0 bridgehead atoms. The zero-order chi connectivity index (χ0) is 26.4. The van der Waals surface area contributed by atoms with E-state index >= 15 is 0 Å². The number of nitrogen functional groups attached to an aromatic ring is 1. The molecule has 36 heavy (non-hydrogen) atoms. The fraction of sp³-hybridized carbons (Fsp3) is 0.500. The van der Waals surface area contributed by atoms with Gasteiger partial charge in [0.1, 0.15) is 0 Å². The van der Waals surface area contributed by atoms with E-state index in [9.17, 15) is 26.7 Å². The van der Waals surface area contributed by atoms with Gasteiger partial charge in [-0.25, -0.2) is 13.2 Å². The van der Waals surface area contributed by atoms with Gasteiger partial charge in [-0.2, -0.15) is 8.42 Å². The third-order valence-corrected chi connectivity index (χ3v) is 9.07. The molecule has 0 aromatic heterocycles. The van der Waals surface area contributed by atoms with Crippen LogP contribution in [-0.4, -0.2) is 39.8 Å². The van der Waals surface area contributed by atoms with E-state index in [1.807, 2.05) is 0 Å². The van der Waals surface area contributed by atoms with Crippen LogP contribution in [0.25, 0.3) is 0 Å². The van der Waals surface area contributed by atoms with Crippen LogP contribution in [0.1, 0.15) is 70.6 Å². The molecule has 0 aliphatic heterocycles. The van der Waals surface area contributed by atoms with Crippen molar-refractivity contribution in [2.24, 2.45) is 0 Å². The Morgan fingerprint density at radius 3 is 1.75 bits per heavy atom. The highest BCUT2D eigenvalue weighted by molar-refractivity contribution is 7.91. The second-order valence-corrected chi connectivity index (χ2v) is 12.6. The minimum atomic E-state index is -4.11. The topological polar surface area (TPSA) is 141 Å². The highest BCUT2D eigenvalue weighted by Gasteiger charge is 2.26. The second-order valence-electron chi connectivity index (χ2n) is 8.90. The maximum absolute atomic E-state index is 12.3. The molecule has 10 heteroatoms. The molecule has 3 N–H and O–H groups in total.